The van der Waals surface area contributed by atoms with Gasteiger partial charge in [0.15, 0.2) is 5.78 Å². The van der Waals surface area contributed by atoms with Crippen molar-refractivity contribution in [1.29, 1.82) is 0 Å². The van der Waals surface area contributed by atoms with Crippen molar-refractivity contribution in [3.05, 3.63) is 53.6 Å². The predicted molar refractivity (Wildman–Crippen MR) is 79.3 cm³/mol. The number of hydrogen-bond acceptors (Lipinski definition) is 4. The number of fused-ring (bicyclic) bond motifs is 1. The van der Waals surface area contributed by atoms with Crippen LogP contribution in [0.3, 0.4) is 0 Å². The molecule has 0 aliphatic carbocycles. The Hall–Kier alpha value is -2.69. The predicted octanol–water partition coefficient (Wildman–Crippen LogP) is 2.72. The van der Waals surface area contributed by atoms with Crippen molar-refractivity contribution in [1.82, 2.24) is 15.0 Å². The van der Waals surface area contributed by atoms with Crippen LogP contribution in [0, 0.1) is 6.92 Å². The van der Waals surface area contributed by atoms with Crippen LogP contribution < -0.4 is 0 Å². The third-order valence-electron chi connectivity index (χ3n) is 3.42. The summed E-state index contributed by atoms with van der Waals surface area (Å²) in [5.74, 6) is -0.0915. The molecule has 0 saturated carbocycles. The molecule has 0 spiro atoms. The van der Waals surface area contributed by atoms with Gasteiger partial charge < -0.3 is 5.11 Å². The molecule has 3 rings (SSSR count). The van der Waals surface area contributed by atoms with Crippen molar-refractivity contribution >= 4 is 16.8 Å². The number of aromatic hydroxyl groups is 1. The number of carbonyl (C=O) groups is 1. The van der Waals surface area contributed by atoms with Crippen LogP contribution in [0.5, 0.6) is 5.75 Å². The standard InChI is InChI=1S/C16H15N3O2/c1-11-6-7-13-14(10-11)19(18-17-13)9-8-16(21)12-4-2-3-5-15(12)20/h2-7,10,20H,8-9H2,1H3. The maximum Gasteiger partial charge on any atom is 0.168 e. The van der Waals surface area contributed by atoms with E-state index in [0.717, 1.165) is 16.6 Å². The molecule has 0 amide bonds. The molecule has 0 aliphatic rings. The normalized spacial score (nSPS) is 10.9. The summed E-state index contributed by atoms with van der Waals surface area (Å²) in [7, 11) is 0. The van der Waals surface area contributed by atoms with Gasteiger partial charge in [-0.15, -0.1) is 5.10 Å². The van der Waals surface area contributed by atoms with Crippen molar-refractivity contribution in [2.75, 3.05) is 0 Å². The van der Waals surface area contributed by atoms with E-state index in [2.05, 4.69) is 10.3 Å². The Balaban J connectivity index is 1.79. The van der Waals surface area contributed by atoms with Crippen LogP contribution in [0.2, 0.25) is 0 Å². The summed E-state index contributed by atoms with van der Waals surface area (Å²) in [6, 6.07) is 12.5. The maximum atomic E-state index is 12.1. The number of aryl methyl sites for hydroxylation is 2. The zero-order valence-electron chi connectivity index (χ0n) is 11.7. The van der Waals surface area contributed by atoms with Gasteiger partial charge in [0, 0.05) is 6.42 Å². The van der Waals surface area contributed by atoms with Crippen LogP contribution in [0.4, 0.5) is 0 Å². The van der Waals surface area contributed by atoms with Gasteiger partial charge in [-0.05, 0) is 36.8 Å². The van der Waals surface area contributed by atoms with Gasteiger partial charge >= 0.3 is 0 Å². The van der Waals surface area contributed by atoms with E-state index >= 15 is 0 Å². The summed E-state index contributed by atoms with van der Waals surface area (Å²) in [6.07, 6.45) is 0.268. The highest BCUT2D eigenvalue weighted by molar-refractivity contribution is 5.98. The van der Waals surface area contributed by atoms with Crippen LogP contribution in [-0.2, 0) is 6.54 Å². The first-order valence-electron chi connectivity index (χ1n) is 6.76. The summed E-state index contributed by atoms with van der Waals surface area (Å²) in [5, 5.41) is 17.8. The maximum absolute atomic E-state index is 12.1. The molecule has 5 nitrogen and oxygen atoms in total. The first-order chi connectivity index (χ1) is 10.1. The Morgan fingerprint density at radius 1 is 1.24 bits per heavy atom. The molecule has 0 aliphatic heterocycles. The fraction of sp³-hybridized carbons (Fsp3) is 0.188. The fourth-order valence-electron chi connectivity index (χ4n) is 2.29. The van der Waals surface area contributed by atoms with Crippen LogP contribution in [0.15, 0.2) is 42.5 Å². The first-order valence-corrected chi connectivity index (χ1v) is 6.76. The second-order valence-corrected chi connectivity index (χ2v) is 5.00. The lowest BCUT2D eigenvalue weighted by Crippen LogP contribution is -2.07. The van der Waals surface area contributed by atoms with Gasteiger partial charge in [-0.2, -0.15) is 0 Å². The van der Waals surface area contributed by atoms with E-state index in [-0.39, 0.29) is 18.0 Å². The number of hydrogen-bond donors (Lipinski definition) is 1. The van der Waals surface area contributed by atoms with E-state index in [1.54, 1.807) is 22.9 Å². The van der Waals surface area contributed by atoms with E-state index in [1.165, 1.54) is 6.07 Å². The second kappa shape index (κ2) is 5.36. The quantitative estimate of drug-likeness (QED) is 0.747. The van der Waals surface area contributed by atoms with Crippen molar-refractivity contribution in [2.24, 2.45) is 0 Å². The van der Waals surface area contributed by atoms with E-state index in [4.69, 9.17) is 0 Å². The van der Waals surface area contributed by atoms with Crippen LogP contribution in [0.25, 0.3) is 11.0 Å². The topological polar surface area (TPSA) is 68.0 Å². The summed E-state index contributed by atoms with van der Waals surface area (Å²) >= 11 is 0. The third kappa shape index (κ3) is 2.63. The molecular weight excluding hydrogens is 266 g/mol. The van der Waals surface area contributed by atoms with Crippen LogP contribution in [-0.4, -0.2) is 25.9 Å². The smallest absolute Gasteiger partial charge is 0.168 e. The Kier molecular flexibility index (Phi) is 3.39. The molecule has 0 unspecified atom stereocenters. The van der Waals surface area contributed by atoms with Crippen molar-refractivity contribution in [3.8, 4) is 5.75 Å². The number of Topliss-reactive ketones (excluding diaryl/α,β-unsaturated/α-hetero) is 1. The summed E-state index contributed by atoms with van der Waals surface area (Å²) in [4.78, 5) is 12.1. The Morgan fingerprint density at radius 2 is 2.05 bits per heavy atom. The minimum atomic E-state index is -0.107. The van der Waals surface area contributed by atoms with Crippen molar-refractivity contribution < 1.29 is 9.90 Å². The monoisotopic (exact) mass is 281 g/mol. The summed E-state index contributed by atoms with van der Waals surface area (Å²) in [6.45, 7) is 2.44. The number of ketones is 1. The molecule has 0 bridgehead atoms. The number of nitrogens with zero attached hydrogens (tertiary/aromatic N) is 3. The molecule has 2 aromatic carbocycles. The fourth-order valence-corrected chi connectivity index (χ4v) is 2.29. The van der Waals surface area contributed by atoms with Gasteiger partial charge in [0.25, 0.3) is 0 Å². The molecule has 21 heavy (non-hydrogen) atoms. The van der Waals surface area contributed by atoms with Crippen molar-refractivity contribution in [3.63, 3.8) is 0 Å². The highest BCUT2D eigenvalue weighted by Crippen LogP contribution is 2.18. The Morgan fingerprint density at radius 3 is 2.86 bits per heavy atom. The molecule has 1 aromatic heterocycles. The zero-order chi connectivity index (χ0) is 14.8. The average Bonchev–Trinajstić information content (AvgIpc) is 2.87. The van der Waals surface area contributed by atoms with Crippen molar-refractivity contribution in [2.45, 2.75) is 19.9 Å². The Bertz CT molecular complexity index is 808. The molecule has 0 radical (unpaired) electrons. The number of rotatable bonds is 4. The molecule has 1 N–H and O–H groups in total. The minimum Gasteiger partial charge on any atom is -0.507 e. The Labute approximate surface area is 121 Å². The lowest BCUT2D eigenvalue weighted by Gasteiger charge is -2.04. The third-order valence-corrected chi connectivity index (χ3v) is 3.42. The number of phenolic OH excluding ortho intramolecular Hbond substituents is 1. The molecule has 106 valence electrons. The minimum absolute atomic E-state index is 0.0155. The molecular formula is C16H15N3O2. The zero-order valence-corrected chi connectivity index (χ0v) is 11.7. The molecule has 0 atom stereocenters. The average molecular weight is 281 g/mol. The van der Waals surface area contributed by atoms with Gasteiger partial charge in [0.2, 0.25) is 0 Å². The molecule has 5 heteroatoms. The number of carbonyl (C=O) groups excluding carboxylic acids is 1. The molecule has 3 aromatic rings. The molecule has 0 fully saturated rings. The summed E-state index contributed by atoms with van der Waals surface area (Å²) in [5.41, 5.74) is 3.20. The van der Waals surface area contributed by atoms with E-state index in [9.17, 15) is 9.90 Å². The first kappa shape index (κ1) is 13.3. The van der Waals surface area contributed by atoms with E-state index < -0.39 is 0 Å². The van der Waals surface area contributed by atoms with Gasteiger partial charge in [-0.3, -0.25) is 4.79 Å². The number of para-hydroxylation sites is 1. The lowest BCUT2D eigenvalue weighted by molar-refractivity contribution is 0.0973. The highest BCUT2D eigenvalue weighted by atomic mass is 16.3. The van der Waals surface area contributed by atoms with Crippen LogP contribution >= 0.6 is 0 Å². The van der Waals surface area contributed by atoms with E-state index in [1.807, 2.05) is 25.1 Å². The van der Waals surface area contributed by atoms with Gasteiger partial charge in [0.1, 0.15) is 11.3 Å². The van der Waals surface area contributed by atoms with Gasteiger partial charge in [-0.1, -0.05) is 23.4 Å². The number of phenols is 1. The molecule has 1 heterocycles. The van der Waals surface area contributed by atoms with E-state index in [0.29, 0.717) is 12.1 Å². The second-order valence-electron chi connectivity index (χ2n) is 5.00. The van der Waals surface area contributed by atoms with Crippen LogP contribution in [0.1, 0.15) is 22.3 Å². The largest absolute Gasteiger partial charge is 0.507 e. The SMILES string of the molecule is Cc1ccc2nnn(CCC(=O)c3ccccc3O)c2c1. The lowest BCUT2D eigenvalue weighted by atomic mass is 10.1. The highest BCUT2D eigenvalue weighted by Gasteiger charge is 2.12. The summed E-state index contributed by atoms with van der Waals surface area (Å²) < 4.78 is 1.72. The number of aromatic nitrogens is 3. The van der Waals surface area contributed by atoms with Gasteiger partial charge in [0.05, 0.1) is 17.6 Å². The van der Waals surface area contributed by atoms with Gasteiger partial charge in [-0.25, -0.2) is 4.68 Å². The number of benzene rings is 2. The molecule has 0 saturated heterocycles.